The third-order valence-corrected chi connectivity index (χ3v) is 4.07. The highest BCUT2D eigenvalue weighted by Gasteiger charge is 2.29. The molecule has 1 aromatic carbocycles. The van der Waals surface area contributed by atoms with Gasteiger partial charge in [0.1, 0.15) is 0 Å². The fourth-order valence-corrected chi connectivity index (χ4v) is 2.79. The Labute approximate surface area is 104 Å². The zero-order chi connectivity index (χ0) is 11.5. The van der Waals surface area contributed by atoms with E-state index in [1.807, 2.05) is 0 Å². The molecule has 1 heterocycles. The van der Waals surface area contributed by atoms with Crippen LogP contribution in [0, 0.1) is 11.8 Å². The van der Waals surface area contributed by atoms with Gasteiger partial charge in [0.2, 0.25) is 0 Å². The van der Waals surface area contributed by atoms with E-state index in [0.717, 1.165) is 17.9 Å². The molecule has 2 heteroatoms. The van der Waals surface area contributed by atoms with Crippen LogP contribution in [0.5, 0.6) is 0 Å². The lowest BCUT2D eigenvalue weighted by Crippen LogP contribution is -2.30. The number of hydrogen-bond acceptors (Lipinski definition) is 2. The molecule has 92 valence electrons. The molecule has 2 aliphatic rings. The second-order valence-corrected chi connectivity index (χ2v) is 5.55. The third-order valence-electron chi connectivity index (χ3n) is 4.07. The van der Waals surface area contributed by atoms with E-state index in [-0.39, 0.29) is 0 Å². The Hall–Kier alpha value is -0.860. The van der Waals surface area contributed by atoms with E-state index in [1.165, 1.54) is 44.5 Å². The molecule has 0 bridgehead atoms. The molecule has 2 nitrogen and oxygen atoms in total. The molecule has 3 rings (SSSR count). The van der Waals surface area contributed by atoms with Crippen LogP contribution >= 0.6 is 0 Å². The van der Waals surface area contributed by atoms with Gasteiger partial charge < -0.3 is 10.6 Å². The fraction of sp³-hybridized carbons (Fsp3) is 0.600. The summed E-state index contributed by atoms with van der Waals surface area (Å²) in [6.45, 7) is 3.58. The van der Waals surface area contributed by atoms with E-state index in [1.54, 1.807) is 0 Å². The molecule has 1 saturated heterocycles. The van der Waals surface area contributed by atoms with Crippen molar-refractivity contribution in [3.05, 3.63) is 35.9 Å². The van der Waals surface area contributed by atoms with Crippen molar-refractivity contribution in [3.63, 3.8) is 0 Å². The van der Waals surface area contributed by atoms with Gasteiger partial charge in [0, 0.05) is 6.04 Å². The Balaban J connectivity index is 1.53. The summed E-state index contributed by atoms with van der Waals surface area (Å²) >= 11 is 0. The second-order valence-electron chi connectivity index (χ2n) is 5.55. The summed E-state index contributed by atoms with van der Waals surface area (Å²) in [7, 11) is 0. The molecule has 2 N–H and O–H groups in total. The van der Waals surface area contributed by atoms with Crippen LogP contribution < -0.4 is 10.6 Å². The van der Waals surface area contributed by atoms with Gasteiger partial charge in [-0.1, -0.05) is 30.3 Å². The molecule has 0 unspecified atom stereocenters. The van der Waals surface area contributed by atoms with Gasteiger partial charge in [0.25, 0.3) is 0 Å². The Morgan fingerprint density at radius 2 is 1.82 bits per heavy atom. The van der Waals surface area contributed by atoms with E-state index < -0.39 is 0 Å². The average Bonchev–Trinajstić information content (AvgIpc) is 3.09. The minimum Gasteiger partial charge on any atom is -0.316 e. The van der Waals surface area contributed by atoms with Crippen LogP contribution in [0.2, 0.25) is 0 Å². The second kappa shape index (κ2) is 5.19. The lowest BCUT2D eigenvalue weighted by molar-refractivity contribution is 0.391. The summed E-state index contributed by atoms with van der Waals surface area (Å²) in [6.07, 6.45) is 4.01. The van der Waals surface area contributed by atoms with Crippen molar-refractivity contribution in [2.75, 3.05) is 19.6 Å². The zero-order valence-corrected chi connectivity index (χ0v) is 10.4. The van der Waals surface area contributed by atoms with Crippen molar-refractivity contribution in [2.45, 2.75) is 25.3 Å². The third kappa shape index (κ3) is 3.08. The summed E-state index contributed by atoms with van der Waals surface area (Å²) in [4.78, 5) is 0. The molecular weight excluding hydrogens is 208 g/mol. The first-order chi connectivity index (χ1) is 8.42. The molecule has 0 radical (unpaired) electrons. The molecule has 17 heavy (non-hydrogen) atoms. The van der Waals surface area contributed by atoms with Gasteiger partial charge >= 0.3 is 0 Å². The first-order valence-electron chi connectivity index (χ1n) is 6.90. The van der Waals surface area contributed by atoms with Crippen LogP contribution in [0.3, 0.4) is 0 Å². The van der Waals surface area contributed by atoms with Gasteiger partial charge in [-0.05, 0) is 56.3 Å². The molecule has 1 aromatic rings. The van der Waals surface area contributed by atoms with Gasteiger partial charge in [-0.15, -0.1) is 0 Å². The van der Waals surface area contributed by atoms with Crippen LogP contribution in [0.15, 0.2) is 30.3 Å². The number of hydrogen-bond donors (Lipinski definition) is 2. The average molecular weight is 230 g/mol. The SMILES string of the molecule is c1ccc(C[C@@H]2CNC[C@H]2CNC2CC2)cc1. The van der Waals surface area contributed by atoms with Crippen LogP contribution in [0.25, 0.3) is 0 Å². The standard InChI is InChI=1S/C15H22N2/c1-2-4-12(5-3-1)8-13-9-16-10-14(13)11-17-15-6-7-15/h1-5,13-17H,6-11H2/t13-,14+/m1/s1. The van der Waals surface area contributed by atoms with Crippen molar-refractivity contribution in [1.82, 2.24) is 10.6 Å². The van der Waals surface area contributed by atoms with E-state index in [9.17, 15) is 0 Å². The predicted molar refractivity (Wildman–Crippen MR) is 71.0 cm³/mol. The van der Waals surface area contributed by atoms with Crippen LogP contribution in [0.1, 0.15) is 18.4 Å². The maximum atomic E-state index is 3.67. The molecule has 2 fully saturated rings. The van der Waals surface area contributed by atoms with Crippen molar-refractivity contribution >= 4 is 0 Å². The molecule has 2 atom stereocenters. The van der Waals surface area contributed by atoms with Gasteiger partial charge in [-0.25, -0.2) is 0 Å². The Morgan fingerprint density at radius 1 is 1.06 bits per heavy atom. The van der Waals surface area contributed by atoms with Crippen molar-refractivity contribution in [1.29, 1.82) is 0 Å². The van der Waals surface area contributed by atoms with Crippen LogP contribution in [-0.4, -0.2) is 25.7 Å². The monoisotopic (exact) mass is 230 g/mol. The summed E-state index contributed by atoms with van der Waals surface area (Å²) in [5, 5.41) is 7.22. The summed E-state index contributed by atoms with van der Waals surface area (Å²) in [5.41, 5.74) is 1.48. The van der Waals surface area contributed by atoms with Gasteiger partial charge in [-0.2, -0.15) is 0 Å². The quantitative estimate of drug-likeness (QED) is 0.806. The molecule has 1 saturated carbocycles. The molecular formula is C15H22N2. The summed E-state index contributed by atoms with van der Waals surface area (Å²) in [6, 6.07) is 11.7. The predicted octanol–water partition coefficient (Wildman–Crippen LogP) is 1.82. The molecule has 1 aliphatic carbocycles. The minimum atomic E-state index is 0.809. The maximum Gasteiger partial charge on any atom is 0.00683 e. The van der Waals surface area contributed by atoms with Gasteiger partial charge in [0.15, 0.2) is 0 Å². The molecule has 0 amide bonds. The molecule has 0 spiro atoms. The van der Waals surface area contributed by atoms with Gasteiger partial charge in [0.05, 0.1) is 0 Å². The highest BCUT2D eigenvalue weighted by atomic mass is 15.0. The highest BCUT2D eigenvalue weighted by molar-refractivity contribution is 5.16. The lowest BCUT2D eigenvalue weighted by atomic mass is 9.89. The Kier molecular flexibility index (Phi) is 3.44. The zero-order valence-electron chi connectivity index (χ0n) is 10.4. The smallest absolute Gasteiger partial charge is 0.00683 e. The Bertz CT molecular complexity index is 345. The fourth-order valence-electron chi connectivity index (χ4n) is 2.79. The van der Waals surface area contributed by atoms with E-state index >= 15 is 0 Å². The summed E-state index contributed by atoms with van der Waals surface area (Å²) < 4.78 is 0. The minimum absolute atomic E-state index is 0.809. The van der Waals surface area contributed by atoms with Crippen molar-refractivity contribution < 1.29 is 0 Å². The number of rotatable bonds is 5. The molecule has 1 aliphatic heterocycles. The van der Waals surface area contributed by atoms with Crippen LogP contribution in [0.4, 0.5) is 0 Å². The van der Waals surface area contributed by atoms with Crippen LogP contribution in [-0.2, 0) is 6.42 Å². The molecule has 0 aromatic heterocycles. The topological polar surface area (TPSA) is 24.1 Å². The normalized spacial score (nSPS) is 28.5. The van der Waals surface area contributed by atoms with E-state index in [2.05, 4.69) is 41.0 Å². The van der Waals surface area contributed by atoms with Crippen molar-refractivity contribution in [2.24, 2.45) is 11.8 Å². The largest absolute Gasteiger partial charge is 0.316 e. The first-order valence-corrected chi connectivity index (χ1v) is 6.90. The maximum absolute atomic E-state index is 3.67. The number of nitrogens with one attached hydrogen (secondary N) is 2. The first kappa shape index (κ1) is 11.2. The van der Waals surface area contributed by atoms with Gasteiger partial charge in [-0.3, -0.25) is 0 Å². The lowest BCUT2D eigenvalue weighted by Gasteiger charge is -2.19. The number of benzene rings is 1. The van der Waals surface area contributed by atoms with E-state index in [0.29, 0.717) is 0 Å². The summed E-state index contributed by atoms with van der Waals surface area (Å²) in [5.74, 6) is 1.62. The van der Waals surface area contributed by atoms with Crippen molar-refractivity contribution in [3.8, 4) is 0 Å². The van der Waals surface area contributed by atoms with E-state index in [4.69, 9.17) is 0 Å². The Morgan fingerprint density at radius 3 is 2.59 bits per heavy atom. The highest BCUT2D eigenvalue weighted by Crippen LogP contribution is 2.23.